The summed E-state index contributed by atoms with van der Waals surface area (Å²) in [5, 5.41) is 1.49. The van der Waals surface area contributed by atoms with Gasteiger partial charge in [0, 0.05) is 0 Å². The Balaban J connectivity index is 0. The molecule has 0 radical (unpaired) electrons. The largest absolute Gasteiger partial charge is 0.466 e. The van der Waals surface area contributed by atoms with Gasteiger partial charge in [0.05, 0.1) is 0 Å². The van der Waals surface area contributed by atoms with E-state index in [4.69, 9.17) is 19.2 Å². The summed E-state index contributed by atoms with van der Waals surface area (Å²) in [5.74, 6) is 0. The third kappa shape index (κ3) is 44.6. The van der Waals surface area contributed by atoms with Gasteiger partial charge in [-0.3, -0.25) is 0 Å². The number of hydrogen-bond donors (Lipinski definition) is 3. The average molecular weight is 263 g/mol. The zero-order valence-corrected chi connectivity index (χ0v) is 12.0. The van der Waals surface area contributed by atoms with Crippen molar-refractivity contribution >= 4 is 7.82 Å². The molecular formula is C7H18O4PZn. The van der Waals surface area contributed by atoms with E-state index in [0.29, 0.717) is 0 Å². The van der Waals surface area contributed by atoms with Crippen LogP contribution in [0, 0.1) is 0 Å². The Labute approximate surface area is 89.7 Å². The van der Waals surface area contributed by atoms with E-state index in [0.717, 1.165) is 0 Å². The summed E-state index contributed by atoms with van der Waals surface area (Å²) in [6.45, 7) is 2.26. The maximum Gasteiger partial charge on any atom is 0.466 e. The minimum Gasteiger partial charge on any atom is -0.303 e. The van der Waals surface area contributed by atoms with Gasteiger partial charge in [0.2, 0.25) is 0 Å². The molecule has 0 aliphatic carbocycles. The maximum atomic E-state index is 8.88. The van der Waals surface area contributed by atoms with E-state index in [1.807, 2.05) is 0 Å². The van der Waals surface area contributed by atoms with Crippen molar-refractivity contribution in [2.45, 2.75) is 44.0 Å². The fourth-order valence-electron chi connectivity index (χ4n) is 0.780. The first kappa shape index (κ1) is 16.2. The van der Waals surface area contributed by atoms with Gasteiger partial charge in [-0.25, -0.2) is 4.57 Å². The molecule has 0 aliphatic rings. The first-order chi connectivity index (χ1) is 5.91. The van der Waals surface area contributed by atoms with Gasteiger partial charge in [-0.15, -0.1) is 0 Å². The minimum absolute atomic E-state index is 1.38. The number of hydrogen-bond acceptors (Lipinski definition) is 1. The van der Waals surface area contributed by atoms with Crippen LogP contribution in [0.2, 0.25) is 5.02 Å². The molecular weight excluding hydrogens is 244 g/mol. The van der Waals surface area contributed by atoms with Crippen LogP contribution in [0.15, 0.2) is 0 Å². The van der Waals surface area contributed by atoms with Crippen molar-refractivity contribution in [1.82, 2.24) is 0 Å². The van der Waals surface area contributed by atoms with Crippen LogP contribution in [-0.4, -0.2) is 14.7 Å². The Morgan fingerprint density at radius 1 is 1.08 bits per heavy atom. The Bertz CT molecular complexity index is 122. The predicted octanol–water partition coefficient (Wildman–Crippen LogP) is 1.99. The van der Waals surface area contributed by atoms with Crippen molar-refractivity contribution in [3.8, 4) is 0 Å². The molecule has 0 fully saturated rings. The van der Waals surface area contributed by atoms with Gasteiger partial charge in [-0.2, -0.15) is 0 Å². The third-order valence-electron chi connectivity index (χ3n) is 1.35. The Morgan fingerprint density at radius 3 is 1.77 bits per heavy atom. The van der Waals surface area contributed by atoms with Crippen molar-refractivity contribution in [1.29, 1.82) is 0 Å². The van der Waals surface area contributed by atoms with Gasteiger partial charge in [-0.05, 0) is 0 Å². The van der Waals surface area contributed by atoms with Crippen LogP contribution >= 0.6 is 7.82 Å². The number of rotatable bonds is 5. The number of phosphoric acid groups is 1. The molecule has 3 N–H and O–H groups in total. The van der Waals surface area contributed by atoms with E-state index >= 15 is 0 Å². The topological polar surface area (TPSA) is 77.8 Å². The quantitative estimate of drug-likeness (QED) is 0.402. The van der Waals surface area contributed by atoms with Gasteiger partial charge in [0.25, 0.3) is 0 Å². The molecule has 0 bridgehead atoms. The van der Waals surface area contributed by atoms with Crippen molar-refractivity contribution < 1.29 is 37.5 Å². The van der Waals surface area contributed by atoms with Crippen LogP contribution < -0.4 is 0 Å². The molecule has 0 aromatic carbocycles. The van der Waals surface area contributed by atoms with E-state index in [2.05, 4.69) is 6.92 Å². The molecule has 0 heterocycles. The summed E-state index contributed by atoms with van der Waals surface area (Å²) >= 11 is 1.49. The second-order valence-corrected chi connectivity index (χ2v) is 5.29. The van der Waals surface area contributed by atoms with Crippen LogP contribution in [0.25, 0.3) is 0 Å². The zero-order chi connectivity index (χ0) is 10.7. The summed E-state index contributed by atoms with van der Waals surface area (Å²) in [5.41, 5.74) is 0. The second-order valence-electron chi connectivity index (χ2n) is 2.78. The molecule has 0 aromatic heterocycles. The fraction of sp³-hybridized carbons (Fsp3) is 1.00. The van der Waals surface area contributed by atoms with Crippen LogP contribution in [0.3, 0.4) is 0 Å². The molecule has 4 nitrogen and oxygen atoms in total. The number of unbranched alkanes of at least 4 members (excludes halogenated alkanes) is 4. The Hall–Kier alpha value is 0.733. The van der Waals surface area contributed by atoms with Crippen molar-refractivity contribution in [2.24, 2.45) is 0 Å². The summed E-state index contributed by atoms with van der Waals surface area (Å²) in [4.78, 5) is 21.6. The van der Waals surface area contributed by atoms with Crippen LogP contribution in [0.5, 0.6) is 0 Å². The summed E-state index contributed by atoms with van der Waals surface area (Å²) in [6, 6.07) is 0. The van der Waals surface area contributed by atoms with E-state index in [-0.39, 0.29) is 0 Å². The summed E-state index contributed by atoms with van der Waals surface area (Å²) < 4.78 is 8.88. The first-order valence-electron chi connectivity index (χ1n) is 4.49. The summed E-state index contributed by atoms with van der Waals surface area (Å²) in [7, 11) is -4.64. The monoisotopic (exact) mass is 261 g/mol. The molecule has 0 spiro atoms. The minimum atomic E-state index is -4.64. The van der Waals surface area contributed by atoms with Crippen LogP contribution in [0.1, 0.15) is 39.0 Å². The average Bonchev–Trinajstić information content (AvgIpc) is 1.95. The van der Waals surface area contributed by atoms with E-state index in [9.17, 15) is 0 Å². The van der Waals surface area contributed by atoms with Crippen molar-refractivity contribution in [3.05, 3.63) is 0 Å². The molecule has 0 amide bonds. The standard InChI is InChI=1S/C7H15.H3O4P.Zn/c1-3-5-7-6-4-2;1-5(2,3)4;/h1,3-7H2,2H3;(H3,1,2,3,4);. The molecule has 0 aliphatic heterocycles. The van der Waals surface area contributed by atoms with Crippen molar-refractivity contribution in [3.63, 3.8) is 0 Å². The van der Waals surface area contributed by atoms with Crippen LogP contribution in [-0.2, 0) is 22.9 Å². The van der Waals surface area contributed by atoms with Gasteiger partial charge in [-0.1, -0.05) is 0 Å². The zero-order valence-electron chi connectivity index (χ0n) is 8.15. The normalized spacial score (nSPS) is 10.6. The Kier molecular flexibility index (Phi) is 13.5. The predicted molar refractivity (Wildman–Crippen MR) is 47.8 cm³/mol. The molecule has 0 aromatic rings. The van der Waals surface area contributed by atoms with Gasteiger partial charge >= 0.3 is 70.2 Å². The second kappa shape index (κ2) is 10.8. The fourth-order valence-corrected chi connectivity index (χ4v) is 1.52. The third-order valence-corrected chi connectivity index (χ3v) is 2.40. The van der Waals surface area contributed by atoms with Gasteiger partial charge in [0.1, 0.15) is 0 Å². The first-order valence-corrected chi connectivity index (χ1v) is 8.15. The molecule has 0 unspecified atom stereocenters. The maximum absolute atomic E-state index is 8.88. The Morgan fingerprint density at radius 2 is 1.46 bits per heavy atom. The molecule has 0 saturated carbocycles. The molecule has 0 saturated heterocycles. The van der Waals surface area contributed by atoms with Crippen molar-refractivity contribution in [2.75, 3.05) is 0 Å². The van der Waals surface area contributed by atoms with Gasteiger partial charge in [0.15, 0.2) is 0 Å². The molecule has 6 heteroatoms. The van der Waals surface area contributed by atoms with E-state index in [1.54, 1.807) is 0 Å². The molecule has 0 rings (SSSR count). The smallest absolute Gasteiger partial charge is 0.303 e. The summed E-state index contributed by atoms with van der Waals surface area (Å²) in [6.07, 6.45) is 7.25. The van der Waals surface area contributed by atoms with E-state index in [1.165, 1.54) is 55.4 Å². The molecule has 0 atom stereocenters. The molecule has 77 valence electrons. The van der Waals surface area contributed by atoms with Gasteiger partial charge < -0.3 is 14.7 Å². The molecule has 13 heavy (non-hydrogen) atoms. The van der Waals surface area contributed by atoms with Crippen LogP contribution in [0.4, 0.5) is 0 Å². The SMILES string of the molecule is CCCCCC[CH2][Zn].O=P(O)(O)O. The van der Waals surface area contributed by atoms with E-state index < -0.39 is 7.82 Å².